The van der Waals surface area contributed by atoms with Crippen molar-refractivity contribution in [2.75, 3.05) is 5.32 Å². The summed E-state index contributed by atoms with van der Waals surface area (Å²) in [5.41, 5.74) is 0.727. The number of hydrogen-bond donors (Lipinski definition) is 1. The van der Waals surface area contributed by atoms with Crippen molar-refractivity contribution in [3.05, 3.63) is 47.9 Å². The summed E-state index contributed by atoms with van der Waals surface area (Å²) in [5, 5.41) is 3.58. The molecule has 1 aromatic carbocycles. The first kappa shape index (κ1) is 13.3. The van der Waals surface area contributed by atoms with Crippen LogP contribution in [0, 0.1) is 5.82 Å². The van der Waals surface area contributed by atoms with Gasteiger partial charge in [0.25, 0.3) is 0 Å². The minimum Gasteiger partial charge on any atom is -0.363 e. The van der Waals surface area contributed by atoms with Crippen LogP contribution in [-0.2, 0) is 0 Å². The average Bonchev–Trinajstić information content (AvgIpc) is 2.85. The summed E-state index contributed by atoms with van der Waals surface area (Å²) in [5.74, 6) is 0.102. The number of halogens is 4. The van der Waals surface area contributed by atoms with Gasteiger partial charge < -0.3 is 5.32 Å². The maximum absolute atomic E-state index is 13.5. The molecule has 106 valence electrons. The molecule has 0 saturated carbocycles. The van der Waals surface area contributed by atoms with Crippen molar-refractivity contribution in [3.63, 3.8) is 0 Å². The van der Waals surface area contributed by atoms with Crippen LogP contribution in [0.1, 0.15) is 24.1 Å². The molecule has 2 aromatic rings. The monoisotopic (exact) mass is 301 g/mol. The van der Waals surface area contributed by atoms with E-state index < -0.39 is 11.4 Å². The van der Waals surface area contributed by atoms with Gasteiger partial charge in [0.2, 0.25) is 0 Å². The molecule has 7 heteroatoms. The third kappa shape index (κ3) is 2.35. The number of nitrogens with one attached hydrogen (secondary N) is 1. The lowest BCUT2D eigenvalue weighted by molar-refractivity contribution is 0.0206. The van der Waals surface area contributed by atoms with Gasteiger partial charge in [-0.15, -0.1) is 0 Å². The minimum absolute atomic E-state index is 0.0663. The van der Waals surface area contributed by atoms with E-state index in [2.05, 4.69) is 10.4 Å². The van der Waals surface area contributed by atoms with Gasteiger partial charge in [-0.25, -0.2) is 9.07 Å². The molecular formula is C13H11ClF3N3. The number of hydrogen-bond acceptors (Lipinski definition) is 2. The van der Waals surface area contributed by atoms with Gasteiger partial charge in [0.15, 0.2) is 0 Å². The molecule has 0 fully saturated rings. The predicted octanol–water partition coefficient (Wildman–Crippen LogP) is 3.95. The first-order valence-electron chi connectivity index (χ1n) is 6.07. The Morgan fingerprint density at radius 1 is 1.25 bits per heavy atom. The van der Waals surface area contributed by atoms with E-state index in [9.17, 15) is 13.2 Å². The Labute approximate surface area is 118 Å². The Hall–Kier alpha value is -1.69. The van der Waals surface area contributed by atoms with E-state index in [0.717, 1.165) is 5.56 Å². The molecule has 2 heterocycles. The highest BCUT2D eigenvalue weighted by Crippen LogP contribution is 2.44. The quantitative estimate of drug-likeness (QED) is 0.851. The van der Waals surface area contributed by atoms with Crippen molar-refractivity contribution < 1.29 is 13.2 Å². The van der Waals surface area contributed by atoms with E-state index in [1.165, 1.54) is 23.0 Å². The number of rotatable bonds is 2. The molecule has 0 radical (unpaired) electrons. The Morgan fingerprint density at radius 3 is 2.60 bits per heavy atom. The van der Waals surface area contributed by atoms with Crippen LogP contribution in [0.4, 0.5) is 19.0 Å². The van der Waals surface area contributed by atoms with Crippen molar-refractivity contribution in [2.45, 2.75) is 23.9 Å². The first-order valence-corrected chi connectivity index (χ1v) is 6.45. The van der Waals surface area contributed by atoms with Crippen molar-refractivity contribution in [3.8, 4) is 0 Å². The average molecular weight is 302 g/mol. The summed E-state index contributed by atoms with van der Waals surface area (Å²) in [7, 11) is 0. The summed E-state index contributed by atoms with van der Waals surface area (Å²) in [6.07, 6.45) is 1.50. The summed E-state index contributed by atoms with van der Waals surface area (Å²) in [6.45, 7) is 0. The smallest absolute Gasteiger partial charge is 0.343 e. The topological polar surface area (TPSA) is 29.9 Å². The van der Waals surface area contributed by atoms with E-state index in [-0.39, 0.29) is 18.3 Å². The number of anilines is 1. The SMILES string of the molecule is Fc1ccc([C@@H]2C[C@@H](C(F)(F)Cl)n3nccc3N2)cc1. The fourth-order valence-corrected chi connectivity index (χ4v) is 2.61. The molecule has 0 unspecified atom stereocenters. The van der Waals surface area contributed by atoms with Crippen LogP contribution in [0.25, 0.3) is 0 Å². The lowest BCUT2D eigenvalue weighted by atomic mass is 9.97. The van der Waals surface area contributed by atoms with Gasteiger partial charge >= 0.3 is 5.38 Å². The number of alkyl halides is 3. The molecule has 3 nitrogen and oxygen atoms in total. The van der Waals surface area contributed by atoms with Gasteiger partial charge in [0, 0.05) is 12.5 Å². The van der Waals surface area contributed by atoms with Gasteiger partial charge in [-0.05, 0) is 29.3 Å². The molecule has 0 amide bonds. The maximum atomic E-state index is 13.5. The molecular weight excluding hydrogens is 291 g/mol. The standard InChI is InChI=1S/C13H11ClF3N3/c14-13(16,17)11-7-10(8-1-3-9(15)4-2-8)19-12-5-6-18-20(11)12/h1-6,10-11,19H,7H2/t10-,11-/m0/s1. The largest absolute Gasteiger partial charge is 0.363 e. The minimum atomic E-state index is -3.40. The van der Waals surface area contributed by atoms with Crippen molar-refractivity contribution >= 4 is 17.4 Å². The third-order valence-corrected chi connectivity index (χ3v) is 3.65. The highest BCUT2D eigenvalue weighted by molar-refractivity contribution is 6.22. The fourth-order valence-electron chi connectivity index (χ4n) is 2.42. The second-order valence-corrected chi connectivity index (χ2v) is 5.21. The molecule has 1 N–H and O–H groups in total. The van der Waals surface area contributed by atoms with Crippen LogP contribution >= 0.6 is 11.6 Å². The molecule has 1 aromatic heterocycles. The van der Waals surface area contributed by atoms with Crippen LogP contribution in [0.5, 0.6) is 0 Å². The Bertz CT molecular complexity index is 606. The molecule has 3 rings (SSSR count). The predicted molar refractivity (Wildman–Crippen MR) is 69.4 cm³/mol. The first-order chi connectivity index (χ1) is 9.45. The number of fused-ring (bicyclic) bond motifs is 1. The highest BCUT2D eigenvalue weighted by Gasteiger charge is 2.44. The van der Waals surface area contributed by atoms with Crippen LogP contribution in [-0.4, -0.2) is 15.2 Å². The zero-order valence-corrected chi connectivity index (χ0v) is 11.0. The van der Waals surface area contributed by atoms with Gasteiger partial charge in [0.1, 0.15) is 17.7 Å². The van der Waals surface area contributed by atoms with Gasteiger partial charge in [-0.3, -0.25) is 0 Å². The molecule has 0 saturated heterocycles. The summed E-state index contributed by atoms with van der Waals surface area (Å²) in [6, 6.07) is 5.74. The Morgan fingerprint density at radius 2 is 1.95 bits per heavy atom. The highest BCUT2D eigenvalue weighted by atomic mass is 35.5. The molecule has 1 aliphatic heterocycles. The van der Waals surface area contributed by atoms with E-state index in [1.807, 2.05) is 0 Å². The zero-order chi connectivity index (χ0) is 14.3. The zero-order valence-electron chi connectivity index (χ0n) is 10.2. The molecule has 20 heavy (non-hydrogen) atoms. The van der Waals surface area contributed by atoms with E-state index >= 15 is 0 Å². The van der Waals surface area contributed by atoms with Gasteiger partial charge in [-0.1, -0.05) is 12.1 Å². The molecule has 0 bridgehead atoms. The number of nitrogens with zero attached hydrogens (tertiary/aromatic N) is 2. The van der Waals surface area contributed by atoms with E-state index in [4.69, 9.17) is 11.6 Å². The summed E-state index contributed by atoms with van der Waals surface area (Å²) in [4.78, 5) is 0. The summed E-state index contributed by atoms with van der Waals surface area (Å²) < 4.78 is 41.2. The van der Waals surface area contributed by atoms with Crippen LogP contribution in [0.15, 0.2) is 36.5 Å². The van der Waals surface area contributed by atoms with E-state index in [1.54, 1.807) is 18.2 Å². The van der Waals surface area contributed by atoms with Gasteiger partial charge in [0.05, 0.1) is 12.2 Å². The fraction of sp³-hybridized carbons (Fsp3) is 0.308. The lowest BCUT2D eigenvalue weighted by Gasteiger charge is -2.34. The van der Waals surface area contributed by atoms with Crippen LogP contribution in [0.3, 0.4) is 0 Å². The maximum Gasteiger partial charge on any atom is 0.343 e. The van der Waals surface area contributed by atoms with Crippen molar-refractivity contribution in [1.29, 1.82) is 0 Å². The van der Waals surface area contributed by atoms with Gasteiger partial charge in [-0.2, -0.15) is 13.9 Å². The van der Waals surface area contributed by atoms with Crippen LogP contribution < -0.4 is 5.32 Å². The van der Waals surface area contributed by atoms with E-state index in [0.29, 0.717) is 5.82 Å². The van der Waals surface area contributed by atoms with Crippen molar-refractivity contribution in [1.82, 2.24) is 9.78 Å². The number of benzene rings is 1. The second-order valence-electron chi connectivity index (χ2n) is 4.70. The summed E-state index contributed by atoms with van der Waals surface area (Å²) >= 11 is 5.19. The molecule has 0 aliphatic carbocycles. The van der Waals surface area contributed by atoms with Crippen LogP contribution in [0.2, 0.25) is 0 Å². The van der Waals surface area contributed by atoms with Crippen molar-refractivity contribution in [2.24, 2.45) is 0 Å². The molecule has 2 atom stereocenters. The second kappa shape index (κ2) is 4.70. The normalized spacial score (nSPS) is 22.2. The Kier molecular flexibility index (Phi) is 3.12. The number of aromatic nitrogens is 2. The lowest BCUT2D eigenvalue weighted by Crippen LogP contribution is -2.35. The molecule has 0 spiro atoms. The third-order valence-electron chi connectivity index (χ3n) is 3.40. The molecule has 1 aliphatic rings. The Balaban J connectivity index is 1.95.